The molecular formula is C22H16O. The van der Waals surface area contributed by atoms with Crippen LogP contribution in [0, 0.1) is 0 Å². The molecule has 1 aliphatic rings. The standard InChI is InChI=1S/C22H16O/c1-15(23)17-12-10-16(11-13-17)14-22-20-8-4-2-6-18(20)19-7-3-5-9-21(19)22/h2-14H,1H3. The fourth-order valence-electron chi connectivity index (χ4n) is 3.19. The first-order valence-electron chi connectivity index (χ1n) is 7.76. The zero-order valence-electron chi connectivity index (χ0n) is 12.9. The summed E-state index contributed by atoms with van der Waals surface area (Å²) in [6.45, 7) is 1.59. The van der Waals surface area contributed by atoms with Crippen molar-refractivity contribution in [1.29, 1.82) is 0 Å². The Labute approximate surface area is 135 Å². The molecule has 23 heavy (non-hydrogen) atoms. The van der Waals surface area contributed by atoms with Gasteiger partial charge in [0.05, 0.1) is 0 Å². The lowest BCUT2D eigenvalue weighted by Crippen LogP contribution is -1.90. The highest BCUT2D eigenvalue weighted by Crippen LogP contribution is 2.44. The molecule has 0 saturated heterocycles. The Morgan fingerprint density at radius 1 is 0.696 bits per heavy atom. The Kier molecular flexibility index (Phi) is 3.20. The number of ketones is 1. The van der Waals surface area contributed by atoms with Gasteiger partial charge >= 0.3 is 0 Å². The SMILES string of the molecule is CC(=O)c1ccc(C=C2c3ccccc3-c3ccccc32)cc1. The molecule has 4 rings (SSSR count). The second-order valence-electron chi connectivity index (χ2n) is 5.83. The molecular weight excluding hydrogens is 280 g/mol. The Morgan fingerprint density at radius 2 is 1.17 bits per heavy atom. The fourth-order valence-corrected chi connectivity index (χ4v) is 3.19. The van der Waals surface area contributed by atoms with E-state index in [1.165, 1.54) is 27.8 Å². The van der Waals surface area contributed by atoms with Crippen molar-refractivity contribution in [1.82, 2.24) is 0 Å². The van der Waals surface area contributed by atoms with Gasteiger partial charge < -0.3 is 0 Å². The van der Waals surface area contributed by atoms with Crippen molar-refractivity contribution in [3.8, 4) is 11.1 Å². The molecule has 110 valence electrons. The lowest BCUT2D eigenvalue weighted by Gasteiger charge is -2.04. The van der Waals surface area contributed by atoms with Crippen molar-refractivity contribution >= 4 is 17.4 Å². The van der Waals surface area contributed by atoms with Gasteiger partial charge in [0.15, 0.2) is 5.78 Å². The van der Waals surface area contributed by atoms with Crippen LogP contribution in [0.3, 0.4) is 0 Å². The highest BCUT2D eigenvalue weighted by atomic mass is 16.1. The minimum Gasteiger partial charge on any atom is -0.295 e. The highest BCUT2D eigenvalue weighted by Gasteiger charge is 2.22. The minimum absolute atomic E-state index is 0.0979. The first-order valence-corrected chi connectivity index (χ1v) is 7.76. The third-order valence-corrected chi connectivity index (χ3v) is 4.35. The summed E-state index contributed by atoms with van der Waals surface area (Å²) in [5.41, 5.74) is 8.21. The van der Waals surface area contributed by atoms with E-state index < -0.39 is 0 Å². The van der Waals surface area contributed by atoms with Gasteiger partial charge in [-0.3, -0.25) is 4.79 Å². The largest absolute Gasteiger partial charge is 0.295 e. The summed E-state index contributed by atoms with van der Waals surface area (Å²) in [6.07, 6.45) is 2.20. The van der Waals surface area contributed by atoms with Crippen molar-refractivity contribution in [2.24, 2.45) is 0 Å². The van der Waals surface area contributed by atoms with Gasteiger partial charge in [-0.25, -0.2) is 0 Å². The van der Waals surface area contributed by atoms with Gasteiger partial charge in [-0.15, -0.1) is 0 Å². The summed E-state index contributed by atoms with van der Waals surface area (Å²) in [5, 5.41) is 0. The Bertz CT molecular complexity index is 883. The fraction of sp³-hybridized carbons (Fsp3) is 0.0455. The first kappa shape index (κ1) is 13.7. The molecule has 0 heterocycles. The summed E-state index contributed by atoms with van der Waals surface area (Å²) in [6, 6.07) is 24.8. The van der Waals surface area contributed by atoms with Crippen LogP contribution in [-0.4, -0.2) is 5.78 Å². The maximum Gasteiger partial charge on any atom is 0.159 e. The molecule has 0 radical (unpaired) electrons. The molecule has 0 saturated carbocycles. The summed E-state index contributed by atoms with van der Waals surface area (Å²) >= 11 is 0. The van der Waals surface area contributed by atoms with E-state index in [4.69, 9.17) is 0 Å². The number of hydrogen-bond acceptors (Lipinski definition) is 1. The predicted molar refractivity (Wildman–Crippen MR) is 95.3 cm³/mol. The van der Waals surface area contributed by atoms with Crippen LogP contribution >= 0.6 is 0 Å². The smallest absolute Gasteiger partial charge is 0.159 e. The Morgan fingerprint density at radius 3 is 1.65 bits per heavy atom. The molecule has 0 spiro atoms. The number of rotatable bonds is 2. The van der Waals surface area contributed by atoms with E-state index in [1.807, 2.05) is 24.3 Å². The molecule has 1 heteroatoms. The van der Waals surface area contributed by atoms with Crippen molar-refractivity contribution in [3.05, 3.63) is 95.1 Å². The van der Waals surface area contributed by atoms with Crippen LogP contribution in [0.25, 0.3) is 22.8 Å². The molecule has 0 atom stereocenters. The van der Waals surface area contributed by atoms with Crippen molar-refractivity contribution in [2.45, 2.75) is 6.92 Å². The summed E-state index contributed by atoms with van der Waals surface area (Å²) in [4.78, 5) is 11.4. The number of carbonyl (C=O) groups excluding carboxylic acids is 1. The Hall–Kier alpha value is -2.93. The average Bonchev–Trinajstić information content (AvgIpc) is 2.90. The first-order chi connectivity index (χ1) is 11.2. The van der Waals surface area contributed by atoms with Gasteiger partial charge in [0.2, 0.25) is 0 Å². The summed E-state index contributed by atoms with van der Waals surface area (Å²) in [5.74, 6) is 0.0979. The molecule has 0 N–H and O–H groups in total. The van der Waals surface area contributed by atoms with Gasteiger partial charge in [0, 0.05) is 5.56 Å². The Balaban J connectivity index is 1.86. The second-order valence-corrected chi connectivity index (χ2v) is 5.83. The van der Waals surface area contributed by atoms with Crippen LogP contribution in [0.4, 0.5) is 0 Å². The molecule has 3 aromatic carbocycles. The molecule has 0 amide bonds. The lowest BCUT2D eigenvalue weighted by atomic mass is 10.0. The normalized spacial score (nSPS) is 11.8. The number of benzene rings is 3. The summed E-state index contributed by atoms with van der Waals surface area (Å²) in [7, 11) is 0. The molecule has 0 aromatic heterocycles. The number of hydrogen-bond donors (Lipinski definition) is 0. The molecule has 0 bridgehead atoms. The van der Waals surface area contributed by atoms with Gasteiger partial charge in [0.1, 0.15) is 0 Å². The van der Waals surface area contributed by atoms with E-state index in [2.05, 4.69) is 54.6 Å². The van der Waals surface area contributed by atoms with E-state index in [0.717, 1.165) is 11.1 Å². The molecule has 1 aliphatic carbocycles. The van der Waals surface area contributed by atoms with Gasteiger partial charge in [-0.2, -0.15) is 0 Å². The third kappa shape index (κ3) is 2.31. The van der Waals surface area contributed by atoms with Crippen LogP contribution < -0.4 is 0 Å². The monoisotopic (exact) mass is 296 g/mol. The zero-order valence-corrected chi connectivity index (χ0v) is 12.9. The van der Waals surface area contributed by atoms with E-state index in [1.54, 1.807) is 6.92 Å². The van der Waals surface area contributed by atoms with Gasteiger partial charge in [-0.05, 0) is 46.4 Å². The van der Waals surface area contributed by atoms with Crippen LogP contribution in [0.2, 0.25) is 0 Å². The number of fused-ring (bicyclic) bond motifs is 3. The molecule has 0 fully saturated rings. The maximum atomic E-state index is 11.4. The zero-order chi connectivity index (χ0) is 15.8. The van der Waals surface area contributed by atoms with Crippen LogP contribution in [0.15, 0.2) is 72.8 Å². The lowest BCUT2D eigenvalue weighted by molar-refractivity contribution is 0.101. The topological polar surface area (TPSA) is 17.1 Å². The van der Waals surface area contributed by atoms with Crippen molar-refractivity contribution < 1.29 is 4.79 Å². The molecule has 0 aliphatic heterocycles. The van der Waals surface area contributed by atoms with Crippen LogP contribution in [0.5, 0.6) is 0 Å². The molecule has 0 unspecified atom stereocenters. The van der Waals surface area contributed by atoms with Crippen LogP contribution in [-0.2, 0) is 0 Å². The third-order valence-electron chi connectivity index (χ3n) is 4.35. The number of carbonyl (C=O) groups is 1. The van der Waals surface area contributed by atoms with Gasteiger partial charge in [-0.1, -0.05) is 72.8 Å². The second kappa shape index (κ2) is 5.36. The van der Waals surface area contributed by atoms with E-state index in [9.17, 15) is 4.79 Å². The average molecular weight is 296 g/mol. The van der Waals surface area contributed by atoms with Crippen LogP contribution in [0.1, 0.15) is 34.0 Å². The molecule has 1 nitrogen and oxygen atoms in total. The van der Waals surface area contributed by atoms with E-state index >= 15 is 0 Å². The quantitative estimate of drug-likeness (QED) is 0.449. The predicted octanol–water partition coefficient (Wildman–Crippen LogP) is 5.46. The van der Waals surface area contributed by atoms with Crippen molar-refractivity contribution in [2.75, 3.05) is 0 Å². The minimum atomic E-state index is 0.0979. The highest BCUT2D eigenvalue weighted by molar-refractivity contribution is 6.06. The number of Topliss-reactive ketones (excluding diaryl/α,β-unsaturated/α-hetero) is 1. The van der Waals surface area contributed by atoms with E-state index in [-0.39, 0.29) is 5.78 Å². The van der Waals surface area contributed by atoms with Gasteiger partial charge in [0.25, 0.3) is 0 Å². The maximum absolute atomic E-state index is 11.4. The van der Waals surface area contributed by atoms with E-state index in [0.29, 0.717) is 0 Å². The van der Waals surface area contributed by atoms with Crippen molar-refractivity contribution in [3.63, 3.8) is 0 Å². The summed E-state index contributed by atoms with van der Waals surface area (Å²) < 4.78 is 0. The molecule has 3 aromatic rings.